The molecule has 0 radical (unpaired) electrons. The molecule has 1 heterocycles. The molecule has 1 aromatic carbocycles. The molecule has 0 fully saturated rings. The predicted molar refractivity (Wildman–Crippen MR) is 113 cm³/mol. The van der Waals surface area contributed by atoms with E-state index in [-0.39, 0.29) is 5.97 Å². The molecular formula is C24H32O4. The Kier molecular flexibility index (Phi) is 9.98. The summed E-state index contributed by atoms with van der Waals surface area (Å²) in [5.41, 5.74) is 1.15. The van der Waals surface area contributed by atoms with E-state index >= 15 is 0 Å². The molecule has 28 heavy (non-hydrogen) atoms. The van der Waals surface area contributed by atoms with E-state index in [4.69, 9.17) is 14.2 Å². The number of hydrogen-bond acceptors (Lipinski definition) is 4. The van der Waals surface area contributed by atoms with Crippen LogP contribution in [-0.2, 0) is 9.53 Å². The zero-order chi connectivity index (χ0) is 20.0. The first-order chi connectivity index (χ1) is 13.6. The molecule has 0 aliphatic carbocycles. The maximum absolute atomic E-state index is 11.4. The minimum atomic E-state index is -0.271. The van der Waals surface area contributed by atoms with Gasteiger partial charge in [0.25, 0.3) is 0 Å². The summed E-state index contributed by atoms with van der Waals surface area (Å²) < 4.78 is 15.8. The summed E-state index contributed by atoms with van der Waals surface area (Å²) >= 11 is 0. The van der Waals surface area contributed by atoms with Gasteiger partial charge in [0.05, 0.1) is 6.61 Å². The first-order valence-electron chi connectivity index (χ1n) is 10.2. The second-order valence-electron chi connectivity index (χ2n) is 7.32. The molecule has 1 aliphatic rings. The summed E-state index contributed by atoms with van der Waals surface area (Å²) in [5.74, 6) is 1.75. The van der Waals surface area contributed by atoms with E-state index in [0.717, 1.165) is 29.9 Å². The van der Waals surface area contributed by atoms with Crippen LogP contribution in [0.4, 0.5) is 0 Å². The highest BCUT2D eigenvalue weighted by molar-refractivity contribution is 5.82. The average Bonchev–Trinajstić information content (AvgIpc) is 3.15. The van der Waals surface area contributed by atoms with Crippen LogP contribution in [0, 0.1) is 5.92 Å². The average molecular weight is 385 g/mol. The highest BCUT2D eigenvalue weighted by atomic mass is 16.7. The lowest BCUT2D eigenvalue weighted by Crippen LogP contribution is -2.06. The lowest BCUT2D eigenvalue weighted by Gasteiger charge is -2.03. The number of esters is 1. The number of carbonyl (C=O) groups is 1. The number of rotatable bonds is 12. The smallest absolute Gasteiger partial charge is 0.330 e. The second kappa shape index (κ2) is 12.8. The quantitative estimate of drug-likeness (QED) is 0.190. The molecule has 0 bridgehead atoms. The Hall–Kier alpha value is -2.49. The van der Waals surface area contributed by atoms with Crippen molar-refractivity contribution in [3.63, 3.8) is 0 Å². The maximum Gasteiger partial charge on any atom is 0.330 e. The van der Waals surface area contributed by atoms with E-state index in [1.165, 1.54) is 31.8 Å². The summed E-state index contributed by atoms with van der Waals surface area (Å²) in [5, 5.41) is 0. The third-order valence-electron chi connectivity index (χ3n) is 4.24. The molecule has 1 aliphatic heterocycles. The summed E-state index contributed by atoms with van der Waals surface area (Å²) in [6, 6.07) is 6.03. The fraction of sp³-hybridized carbons (Fsp3) is 0.458. The Morgan fingerprint density at radius 1 is 1.04 bits per heavy atom. The topological polar surface area (TPSA) is 44.8 Å². The largest absolute Gasteiger partial charge is 0.462 e. The number of allylic oxidation sites excluding steroid dienone is 4. The van der Waals surface area contributed by atoms with Crippen molar-refractivity contribution in [1.29, 1.82) is 0 Å². The second-order valence-corrected chi connectivity index (χ2v) is 7.32. The van der Waals surface area contributed by atoms with Gasteiger partial charge in [0, 0.05) is 6.08 Å². The number of unbranched alkanes of at least 4 members (excludes halogenated alkanes) is 5. The van der Waals surface area contributed by atoms with Crippen molar-refractivity contribution in [2.45, 2.75) is 52.4 Å². The molecule has 152 valence electrons. The Morgan fingerprint density at radius 2 is 1.79 bits per heavy atom. The predicted octanol–water partition coefficient (Wildman–Crippen LogP) is 6.08. The van der Waals surface area contributed by atoms with E-state index in [9.17, 15) is 4.79 Å². The molecule has 0 N–H and O–H groups in total. The Labute approximate surface area is 168 Å². The molecule has 4 heteroatoms. The maximum atomic E-state index is 11.4. The number of fused-ring (bicyclic) bond motifs is 1. The lowest BCUT2D eigenvalue weighted by atomic mass is 10.1. The van der Waals surface area contributed by atoms with Crippen molar-refractivity contribution < 1.29 is 19.0 Å². The zero-order valence-electron chi connectivity index (χ0n) is 17.1. The van der Waals surface area contributed by atoms with Gasteiger partial charge >= 0.3 is 5.97 Å². The third-order valence-corrected chi connectivity index (χ3v) is 4.24. The number of carbonyl (C=O) groups excluding carboxylic acids is 1. The standard InChI is InChI=1S/C24H32O4/c1-20(2)18-26-24(25)14-12-10-8-6-4-3-5-7-9-11-13-21-15-16-22-23(17-21)28-19-27-22/h8,10-17,20H,3-7,9,18-19H2,1-2H3. The van der Waals surface area contributed by atoms with Gasteiger partial charge in [-0.1, -0.05) is 63.1 Å². The Balaban J connectivity index is 1.47. The van der Waals surface area contributed by atoms with Gasteiger partial charge in [-0.3, -0.25) is 0 Å². The summed E-state index contributed by atoms with van der Waals surface area (Å²) in [4.78, 5) is 11.4. The normalized spacial score (nSPS) is 13.4. The van der Waals surface area contributed by atoms with Gasteiger partial charge in [-0.2, -0.15) is 0 Å². The SMILES string of the molecule is CC(C)COC(=O)C=CC=CCCCCCCC=Cc1ccc2c(c1)OCO2. The molecule has 1 aromatic rings. The van der Waals surface area contributed by atoms with Crippen LogP contribution in [0.5, 0.6) is 11.5 Å². The van der Waals surface area contributed by atoms with E-state index in [1.807, 2.05) is 32.1 Å². The first-order valence-corrected chi connectivity index (χ1v) is 10.2. The van der Waals surface area contributed by atoms with Crippen LogP contribution in [0.2, 0.25) is 0 Å². The molecule has 0 aromatic heterocycles. The van der Waals surface area contributed by atoms with Crippen LogP contribution in [0.15, 0.2) is 48.6 Å². The van der Waals surface area contributed by atoms with Crippen molar-refractivity contribution in [3.8, 4) is 11.5 Å². The van der Waals surface area contributed by atoms with Gasteiger partial charge in [0.2, 0.25) is 6.79 Å². The Morgan fingerprint density at radius 3 is 2.57 bits per heavy atom. The van der Waals surface area contributed by atoms with Crippen LogP contribution >= 0.6 is 0 Å². The van der Waals surface area contributed by atoms with Crippen LogP contribution in [-0.4, -0.2) is 19.4 Å². The van der Waals surface area contributed by atoms with Crippen molar-refractivity contribution >= 4 is 12.0 Å². The molecule has 4 nitrogen and oxygen atoms in total. The van der Waals surface area contributed by atoms with Crippen LogP contribution < -0.4 is 9.47 Å². The van der Waals surface area contributed by atoms with Crippen molar-refractivity contribution in [2.24, 2.45) is 5.92 Å². The van der Waals surface area contributed by atoms with Gasteiger partial charge in [-0.15, -0.1) is 0 Å². The van der Waals surface area contributed by atoms with Crippen LogP contribution in [0.3, 0.4) is 0 Å². The molecule has 0 spiro atoms. The van der Waals surface area contributed by atoms with Crippen LogP contribution in [0.1, 0.15) is 57.9 Å². The van der Waals surface area contributed by atoms with Crippen LogP contribution in [0.25, 0.3) is 6.08 Å². The monoisotopic (exact) mass is 384 g/mol. The zero-order valence-corrected chi connectivity index (χ0v) is 17.1. The van der Waals surface area contributed by atoms with Gasteiger partial charge in [-0.25, -0.2) is 4.79 Å². The van der Waals surface area contributed by atoms with Gasteiger partial charge in [-0.05, 0) is 49.3 Å². The van der Waals surface area contributed by atoms with Crippen molar-refractivity contribution in [1.82, 2.24) is 0 Å². The van der Waals surface area contributed by atoms with Gasteiger partial charge < -0.3 is 14.2 Å². The molecule has 0 atom stereocenters. The van der Waals surface area contributed by atoms with Gasteiger partial charge in [0.15, 0.2) is 11.5 Å². The van der Waals surface area contributed by atoms with E-state index in [1.54, 1.807) is 6.08 Å². The first kappa shape index (κ1) is 21.8. The minimum absolute atomic E-state index is 0.271. The third kappa shape index (κ3) is 8.94. The molecule has 2 rings (SSSR count). The van der Waals surface area contributed by atoms with E-state index in [2.05, 4.69) is 24.3 Å². The van der Waals surface area contributed by atoms with E-state index < -0.39 is 0 Å². The summed E-state index contributed by atoms with van der Waals surface area (Å²) in [6.45, 7) is 4.83. The highest BCUT2D eigenvalue weighted by Crippen LogP contribution is 2.32. The number of ether oxygens (including phenoxy) is 3. The Bertz CT molecular complexity index is 686. The molecule has 0 saturated carbocycles. The fourth-order valence-corrected chi connectivity index (χ4v) is 2.72. The number of benzene rings is 1. The van der Waals surface area contributed by atoms with E-state index in [0.29, 0.717) is 19.3 Å². The van der Waals surface area contributed by atoms with Crippen molar-refractivity contribution in [3.05, 3.63) is 54.1 Å². The minimum Gasteiger partial charge on any atom is -0.462 e. The molecule has 0 saturated heterocycles. The molecule has 0 unspecified atom stereocenters. The number of hydrogen-bond donors (Lipinski definition) is 0. The fourth-order valence-electron chi connectivity index (χ4n) is 2.72. The molecular weight excluding hydrogens is 352 g/mol. The van der Waals surface area contributed by atoms with Crippen molar-refractivity contribution in [2.75, 3.05) is 13.4 Å². The molecule has 0 amide bonds. The van der Waals surface area contributed by atoms with Gasteiger partial charge in [0.1, 0.15) is 0 Å². The lowest BCUT2D eigenvalue weighted by molar-refractivity contribution is -0.138. The summed E-state index contributed by atoms with van der Waals surface area (Å²) in [7, 11) is 0. The summed E-state index contributed by atoms with van der Waals surface area (Å²) in [6.07, 6.45) is 18.6. The highest BCUT2D eigenvalue weighted by Gasteiger charge is 2.11.